The second-order valence-electron chi connectivity index (χ2n) is 6.99. The molecule has 0 aliphatic heterocycles. The average molecular weight is 433 g/mol. The van der Waals surface area contributed by atoms with Gasteiger partial charge in [-0.05, 0) is 42.0 Å². The number of hydrogen-bond acceptors (Lipinski definition) is 4. The van der Waals surface area contributed by atoms with E-state index in [4.69, 9.17) is 16.7 Å². The Morgan fingerprint density at radius 3 is 2.28 bits per heavy atom. The molecule has 8 heteroatoms. The molecule has 1 aromatic heterocycles. The van der Waals surface area contributed by atoms with Gasteiger partial charge in [-0.2, -0.15) is 0 Å². The number of carbonyl (C=O) groups excluding carboxylic acids is 1. The monoisotopic (exact) mass is 432 g/mol. The van der Waals surface area contributed by atoms with E-state index in [1.54, 1.807) is 78.3 Å². The summed E-state index contributed by atoms with van der Waals surface area (Å²) < 4.78 is 25.2. The lowest BCUT2D eigenvalue weighted by Gasteiger charge is -2.28. The first-order valence-corrected chi connectivity index (χ1v) is 10.9. The normalized spacial score (nSPS) is 13.8. The van der Waals surface area contributed by atoms with E-state index in [9.17, 15) is 18.3 Å². The van der Waals surface area contributed by atoms with Crippen LogP contribution in [0.4, 0.5) is 0 Å². The number of primary sulfonamides is 1. The molecule has 0 fully saturated rings. The highest BCUT2D eigenvalue weighted by Crippen LogP contribution is 2.28. The molecule has 2 aromatic carbocycles. The Kier molecular flexibility index (Phi) is 5.95. The van der Waals surface area contributed by atoms with Gasteiger partial charge in [-0.15, -0.1) is 0 Å². The first kappa shape index (κ1) is 21.3. The molecular weight excluding hydrogens is 412 g/mol. The van der Waals surface area contributed by atoms with Crippen LogP contribution in [0.1, 0.15) is 27.3 Å². The first-order chi connectivity index (χ1) is 13.6. The number of aliphatic hydroxyl groups is 1. The van der Waals surface area contributed by atoms with E-state index in [0.29, 0.717) is 27.5 Å². The van der Waals surface area contributed by atoms with Crippen molar-refractivity contribution < 1.29 is 18.3 Å². The fourth-order valence-corrected chi connectivity index (χ4v) is 4.39. The number of nitrogens with two attached hydrogens (primary N) is 1. The van der Waals surface area contributed by atoms with Crippen LogP contribution in [0.3, 0.4) is 0 Å². The molecule has 6 nitrogen and oxygen atoms in total. The van der Waals surface area contributed by atoms with E-state index in [1.807, 2.05) is 0 Å². The van der Waals surface area contributed by atoms with Crippen LogP contribution in [0.5, 0.6) is 0 Å². The third-order valence-electron chi connectivity index (χ3n) is 4.79. The quantitative estimate of drug-likeness (QED) is 0.560. The van der Waals surface area contributed by atoms with E-state index >= 15 is 0 Å². The van der Waals surface area contributed by atoms with Crippen molar-refractivity contribution in [1.82, 2.24) is 4.57 Å². The van der Waals surface area contributed by atoms with E-state index in [0.717, 1.165) is 0 Å². The lowest BCUT2D eigenvalue weighted by Crippen LogP contribution is -2.39. The Bertz CT molecular complexity index is 1130. The lowest BCUT2D eigenvalue weighted by molar-refractivity contribution is 0.0592. The Balaban J connectivity index is 1.96. The third kappa shape index (κ3) is 4.94. The maximum absolute atomic E-state index is 12.8. The van der Waals surface area contributed by atoms with Crippen molar-refractivity contribution in [3.8, 4) is 0 Å². The highest BCUT2D eigenvalue weighted by atomic mass is 35.5. The number of ketones is 1. The molecule has 0 bridgehead atoms. The zero-order valence-electron chi connectivity index (χ0n) is 15.7. The number of halogens is 1. The molecular formula is C21H21ClN2O4S. The summed E-state index contributed by atoms with van der Waals surface area (Å²) in [6, 6.07) is 18.4. The number of aromatic nitrogens is 1. The van der Waals surface area contributed by atoms with E-state index in [-0.39, 0.29) is 12.2 Å². The van der Waals surface area contributed by atoms with Crippen molar-refractivity contribution in [3.63, 3.8) is 0 Å². The standard InChI is InChI=1S/C21H21ClN2O4S/c1-24-18(11-12-19(24)20(25)15-7-9-17(22)10-8-15)13-21(26,14-29(23,27)28)16-5-3-2-4-6-16/h2-12,26H,13-14H2,1H3,(H2,23,27,28). The zero-order chi connectivity index (χ0) is 21.2. The van der Waals surface area contributed by atoms with Crippen molar-refractivity contribution in [2.24, 2.45) is 12.2 Å². The van der Waals surface area contributed by atoms with Gasteiger partial charge in [0.2, 0.25) is 15.8 Å². The highest BCUT2D eigenvalue weighted by Gasteiger charge is 2.35. The largest absolute Gasteiger partial charge is 0.384 e. The summed E-state index contributed by atoms with van der Waals surface area (Å²) in [5.41, 5.74) is 0.179. The SMILES string of the molecule is Cn1c(CC(O)(CS(N)(=O)=O)c2ccccc2)ccc1C(=O)c1ccc(Cl)cc1. The molecule has 0 spiro atoms. The van der Waals surface area contributed by atoms with Crippen LogP contribution in [-0.4, -0.2) is 29.6 Å². The van der Waals surface area contributed by atoms with Crippen LogP contribution < -0.4 is 5.14 Å². The summed E-state index contributed by atoms with van der Waals surface area (Å²) in [7, 11) is -2.26. The molecule has 0 aliphatic rings. The molecule has 152 valence electrons. The summed E-state index contributed by atoms with van der Waals surface area (Å²) in [6.45, 7) is 0. The van der Waals surface area contributed by atoms with Crippen LogP contribution >= 0.6 is 11.6 Å². The van der Waals surface area contributed by atoms with E-state index < -0.39 is 21.4 Å². The Hall–Kier alpha value is -2.45. The molecule has 3 aromatic rings. The smallest absolute Gasteiger partial charge is 0.212 e. The van der Waals surface area contributed by atoms with Crippen molar-refractivity contribution in [3.05, 3.63) is 94.3 Å². The maximum atomic E-state index is 12.8. The van der Waals surface area contributed by atoms with Gasteiger partial charge in [0.25, 0.3) is 0 Å². The third-order valence-corrected chi connectivity index (χ3v) is 5.92. The molecule has 3 N–H and O–H groups in total. The van der Waals surface area contributed by atoms with Gasteiger partial charge in [-0.3, -0.25) is 4.79 Å². The van der Waals surface area contributed by atoms with Crippen LogP contribution in [0.25, 0.3) is 0 Å². The van der Waals surface area contributed by atoms with Gasteiger partial charge in [0.05, 0.1) is 11.4 Å². The first-order valence-electron chi connectivity index (χ1n) is 8.82. The molecule has 1 atom stereocenters. The average Bonchev–Trinajstić information content (AvgIpc) is 3.01. The van der Waals surface area contributed by atoms with E-state index in [2.05, 4.69) is 0 Å². The number of carbonyl (C=O) groups is 1. The number of rotatable bonds is 7. The number of benzene rings is 2. The summed E-state index contributed by atoms with van der Waals surface area (Å²) in [5.74, 6) is -0.847. The lowest BCUT2D eigenvalue weighted by atomic mass is 9.91. The number of nitrogens with zero attached hydrogens (tertiary/aromatic N) is 1. The minimum Gasteiger partial charge on any atom is -0.384 e. The van der Waals surface area contributed by atoms with Gasteiger partial charge in [0.15, 0.2) is 0 Å². The van der Waals surface area contributed by atoms with Gasteiger partial charge in [0.1, 0.15) is 5.60 Å². The summed E-state index contributed by atoms with van der Waals surface area (Å²) in [6.07, 6.45) is -0.0299. The molecule has 0 amide bonds. The van der Waals surface area contributed by atoms with Crippen LogP contribution in [0.15, 0.2) is 66.7 Å². The second-order valence-corrected chi connectivity index (χ2v) is 9.04. The minimum atomic E-state index is -3.96. The zero-order valence-corrected chi connectivity index (χ0v) is 17.3. The summed E-state index contributed by atoms with van der Waals surface area (Å²) >= 11 is 5.88. The predicted octanol–water partition coefficient (Wildman–Crippen LogP) is 2.63. The Morgan fingerprint density at radius 2 is 1.69 bits per heavy atom. The fraction of sp³-hybridized carbons (Fsp3) is 0.190. The topological polar surface area (TPSA) is 102 Å². The molecule has 0 saturated carbocycles. The fourth-order valence-electron chi connectivity index (χ4n) is 3.33. The Labute approximate surface area is 174 Å². The van der Waals surface area contributed by atoms with Gasteiger partial charge < -0.3 is 9.67 Å². The molecule has 0 radical (unpaired) electrons. The van der Waals surface area contributed by atoms with Crippen LogP contribution in [0.2, 0.25) is 5.02 Å². The Morgan fingerprint density at radius 1 is 1.07 bits per heavy atom. The molecule has 1 heterocycles. The maximum Gasteiger partial charge on any atom is 0.212 e. The van der Waals surface area contributed by atoms with E-state index in [1.165, 1.54) is 0 Å². The summed E-state index contributed by atoms with van der Waals surface area (Å²) in [5, 5.41) is 17.0. The van der Waals surface area contributed by atoms with Crippen molar-refractivity contribution >= 4 is 27.4 Å². The minimum absolute atomic E-state index is 0.0299. The van der Waals surface area contributed by atoms with Gasteiger partial charge in [0, 0.05) is 29.7 Å². The van der Waals surface area contributed by atoms with Gasteiger partial charge in [-0.1, -0.05) is 41.9 Å². The highest BCUT2D eigenvalue weighted by molar-refractivity contribution is 7.89. The number of sulfonamides is 1. The second kappa shape index (κ2) is 8.12. The summed E-state index contributed by atoms with van der Waals surface area (Å²) in [4.78, 5) is 12.8. The van der Waals surface area contributed by atoms with Crippen molar-refractivity contribution in [2.75, 3.05) is 5.75 Å². The van der Waals surface area contributed by atoms with Crippen LogP contribution in [0, 0.1) is 0 Å². The molecule has 0 saturated heterocycles. The van der Waals surface area contributed by atoms with Crippen molar-refractivity contribution in [1.29, 1.82) is 0 Å². The van der Waals surface area contributed by atoms with Gasteiger partial charge in [-0.25, -0.2) is 13.6 Å². The predicted molar refractivity (Wildman–Crippen MR) is 112 cm³/mol. The number of hydrogen-bond donors (Lipinski definition) is 2. The molecule has 1 unspecified atom stereocenters. The van der Waals surface area contributed by atoms with Crippen molar-refractivity contribution in [2.45, 2.75) is 12.0 Å². The van der Waals surface area contributed by atoms with Crippen LogP contribution in [-0.2, 0) is 29.1 Å². The molecule has 0 aliphatic carbocycles. The molecule has 29 heavy (non-hydrogen) atoms. The van der Waals surface area contributed by atoms with Gasteiger partial charge >= 0.3 is 0 Å². The molecule has 3 rings (SSSR count).